The third-order valence-electron chi connectivity index (χ3n) is 2.56. The lowest BCUT2D eigenvalue weighted by molar-refractivity contribution is -0.139. The zero-order chi connectivity index (χ0) is 14.6. The van der Waals surface area contributed by atoms with E-state index in [9.17, 15) is 9.59 Å². The number of carboxylic acids is 1. The lowest BCUT2D eigenvalue weighted by Crippen LogP contribution is -2.41. The van der Waals surface area contributed by atoms with E-state index >= 15 is 0 Å². The van der Waals surface area contributed by atoms with Crippen molar-refractivity contribution in [1.29, 1.82) is 0 Å². The van der Waals surface area contributed by atoms with E-state index in [1.165, 1.54) is 11.3 Å². The molecule has 0 saturated carbocycles. The van der Waals surface area contributed by atoms with Crippen LogP contribution in [-0.4, -0.2) is 28.0 Å². The summed E-state index contributed by atoms with van der Waals surface area (Å²) in [6, 6.07) is -0.864. The summed E-state index contributed by atoms with van der Waals surface area (Å²) in [7, 11) is 0. The maximum Gasteiger partial charge on any atom is 0.326 e. The Morgan fingerprint density at radius 2 is 2.00 bits per heavy atom. The predicted octanol–water partition coefficient (Wildman–Crippen LogP) is 2.50. The highest BCUT2D eigenvalue weighted by Gasteiger charge is 2.23. The predicted molar refractivity (Wildman–Crippen MR) is 74.5 cm³/mol. The molecule has 0 aliphatic rings. The van der Waals surface area contributed by atoms with Gasteiger partial charge in [0.1, 0.15) is 11.7 Å². The van der Waals surface area contributed by atoms with Crippen molar-refractivity contribution in [2.75, 3.05) is 0 Å². The largest absolute Gasteiger partial charge is 0.480 e. The van der Waals surface area contributed by atoms with Crippen molar-refractivity contribution in [2.24, 2.45) is 5.92 Å². The Morgan fingerprint density at radius 1 is 1.37 bits per heavy atom. The number of carboxylic acid groups (broad SMARTS) is 1. The van der Waals surface area contributed by atoms with E-state index in [1.807, 2.05) is 27.7 Å². The Hall–Kier alpha value is -1.43. The molecule has 1 heterocycles. The first-order valence-electron chi connectivity index (χ1n) is 6.30. The average Bonchev–Trinajstić information content (AvgIpc) is 2.76. The van der Waals surface area contributed by atoms with Crippen LogP contribution < -0.4 is 5.32 Å². The number of thiazole rings is 1. The van der Waals surface area contributed by atoms with E-state index in [2.05, 4.69) is 10.3 Å². The highest BCUT2D eigenvalue weighted by atomic mass is 32.1. The average molecular weight is 284 g/mol. The first-order valence-corrected chi connectivity index (χ1v) is 7.18. The maximum atomic E-state index is 11.9. The van der Waals surface area contributed by atoms with Crippen molar-refractivity contribution in [2.45, 2.75) is 46.1 Å². The van der Waals surface area contributed by atoms with Gasteiger partial charge in [0.25, 0.3) is 5.91 Å². The minimum atomic E-state index is -1.01. The number of hydrogen-bond acceptors (Lipinski definition) is 4. The van der Waals surface area contributed by atoms with Crippen LogP contribution in [0.2, 0.25) is 0 Å². The molecule has 0 unspecified atom stereocenters. The smallest absolute Gasteiger partial charge is 0.326 e. The number of rotatable bonds is 6. The monoisotopic (exact) mass is 284 g/mol. The molecule has 0 aliphatic carbocycles. The fourth-order valence-corrected chi connectivity index (χ4v) is 2.40. The zero-order valence-electron chi connectivity index (χ0n) is 11.6. The molecule has 1 amide bonds. The van der Waals surface area contributed by atoms with E-state index in [4.69, 9.17) is 5.11 Å². The van der Waals surface area contributed by atoms with Crippen LogP contribution >= 0.6 is 11.3 Å². The van der Waals surface area contributed by atoms with Gasteiger partial charge in [0, 0.05) is 11.3 Å². The molecule has 1 rings (SSSR count). The van der Waals surface area contributed by atoms with E-state index in [0.717, 1.165) is 5.01 Å². The van der Waals surface area contributed by atoms with Gasteiger partial charge in [-0.05, 0) is 12.3 Å². The van der Waals surface area contributed by atoms with Crippen LogP contribution in [0.25, 0.3) is 0 Å². The molecule has 0 aromatic carbocycles. The first-order chi connectivity index (χ1) is 8.81. The van der Waals surface area contributed by atoms with Gasteiger partial charge in [-0.15, -0.1) is 11.3 Å². The number of aliphatic carboxylic acids is 1. The highest BCUT2D eigenvalue weighted by Crippen LogP contribution is 2.19. The molecule has 1 aromatic rings. The second kappa shape index (κ2) is 6.65. The number of aromatic nitrogens is 1. The van der Waals surface area contributed by atoms with Crippen molar-refractivity contribution in [3.05, 3.63) is 16.1 Å². The molecule has 0 aliphatic heterocycles. The third kappa shape index (κ3) is 4.63. The molecule has 5 nitrogen and oxygen atoms in total. The van der Waals surface area contributed by atoms with Gasteiger partial charge >= 0.3 is 5.97 Å². The van der Waals surface area contributed by atoms with Crippen LogP contribution in [-0.2, 0) is 4.79 Å². The van der Waals surface area contributed by atoms with Crippen molar-refractivity contribution in [3.63, 3.8) is 0 Å². The second-order valence-electron chi connectivity index (χ2n) is 5.22. The standard InChI is InChI=1S/C13H20N2O3S/c1-7(2)5-9(13(17)18)14-11(16)10-6-19-12(15-10)8(3)4/h6-9H,5H2,1-4H3,(H,14,16)(H,17,18)/t9-/m0/s1. The van der Waals surface area contributed by atoms with Crippen molar-refractivity contribution >= 4 is 23.2 Å². The molecule has 0 spiro atoms. The van der Waals surface area contributed by atoms with E-state index in [1.54, 1.807) is 5.38 Å². The van der Waals surface area contributed by atoms with Crippen LogP contribution in [0.3, 0.4) is 0 Å². The zero-order valence-corrected chi connectivity index (χ0v) is 12.5. The van der Waals surface area contributed by atoms with E-state index in [-0.39, 0.29) is 11.8 Å². The number of nitrogens with one attached hydrogen (secondary N) is 1. The molecule has 0 saturated heterocycles. The number of amides is 1. The molecule has 6 heteroatoms. The SMILES string of the molecule is CC(C)C[C@H](NC(=O)c1csc(C(C)C)n1)C(=O)O. The van der Waals surface area contributed by atoms with Crippen molar-refractivity contribution in [1.82, 2.24) is 10.3 Å². The van der Waals surface area contributed by atoms with Crippen LogP contribution in [0.1, 0.15) is 55.5 Å². The maximum absolute atomic E-state index is 11.9. The molecule has 0 fully saturated rings. The molecule has 1 atom stereocenters. The molecule has 19 heavy (non-hydrogen) atoms. The van der Waals surface area contributed by atoms with Gasteiger partial charge in [-0.25, -0.2) is 9.78 Å². The number of hydrogen-bond donors (Lipinski definition) is 2. The summed E-state index contributed by atoms with van der Waals surface area (Å²) in [5.41, 5.74) is 0.295. The molecule has 2 N–H and O–H groups in total. The number of carbonyl (C=O) groups is 2. The Balaban J connectivity index is 2.73. The van der Waals surface area contributed by atoms with Crippen LogP contribution in [0, 0.1) is 5.92 Å². The van der Waals surface area contributed by atoms with E-state index in [0.29, 0.717) is 12.1 Å². The Kier molecular flexibility index (Phi) is 5.47. The lowest BCUT2D eigenvalue weighted by atomic mass is 10.0. The van der Waals surface area contributed by atoms with Gasteiger partial charge < -0.3 is 10.4 Å². The summed E-state index contributed by atoms with van der Waals surface area (Å²) >= 11 is 1.42. The van der Waals surface area contributed by atoms with Crippen molar-refractivity contribution < 1.29 is 14.7 Å². The summed E-state index contributed by atoms with van der Waals surface area (Å²) < 4.78 is 0. The summed E-state index contributed by atoms with van der Waals surface area (Å²) in [6.07, 6.45) is 0.405. The van der Waals surface area contributed by atoms with Gasteiger partial charge in [-0.2, -0.15) is 0 Å². The Labute approximate surface area is 117 Å². The van der Waals surface area contributed by atoms with Crippen LogP contribution in [0.15, 0.2) is 5.38 Å². The summed E-state index contributed by atoms with van der Waals surface area (Å²) in [5.74, 6) is -0.974. The second-order valence-corrected chi connectivity index (χ2v) is 6.11. The van der Waals surface area contributed by atoms with Gasteiger partial charge in [0.2, 0.25) is 0 Å². The minimum absolute atomic E-state index is 0.197. The quantitative estimate of drug-likeness (QED) is 0.841. The first kappa shape index (κ1) is 15.6. The normalized spacial score (nSPS) is 12.7. The number of nitrogens with zero attached hydrogens (tertiary/aromatic N) is 1. The minimum Gasteiger partial charge on any atom is -0.480 e. The summed E-state index contributed by atoms with van der Waals surface area (Å²) in [4.78, 5) is 27.2. The fraction of sp³-hybridized carbons (Fsp3) is 0.615. The van der Waals surface area contributed by atoms with Gasteiger partial charge in [-0.1, -0.05) is 27.7 Å². The van der Waals surface area contributed by atoms with Crippen molar-refractivity contribution in [3.8, 4) is 0 Å². The van der Waals surface area contributed by atoms with Crippen LogP contribution in [0.5, 0.6) is 0 Å². The third-order valence-corrected chi connectivity index (χ3v) is 3.70. The van der Waals surface area contributed by atoms with Crippen LogP contribution in [0.4, 0.5) is 0 Å². The van der Waals surface area contributed by atoms with Gasteiger partial charge in [0.15, 0.2) is 0 Å². The Bertz CT molecular complexity index is 454. The molecule has 106 valence electrons. The molecule has 0 radical (unpaired) electrons. The van der Waals surface area contributed by atoms with Gasteiger partial charge in [0.05, 0.1) is 5.01 Å². The topological polar surface area (TPSA) is 79.3 Å². The van der Waals surface area contributed by atoms with E-state index < -0.39 is 17.9 Å². The molecule has 0 bridgehead atoms. The Morgan fingerprint density at radius 3 is 2.42 bits per heavy atom. The lowest BCUT2D eigenvalue weighted by Gasteiger charge is -2.15. The fourth-order valence-electron chi connectivity index (χ4n) is 1.58. The summed E-state index contributed by atoms with van der Waals surface area (Å²) in [5, 5.41) is 14.1. The number of carbonyl (C=O) groups excluding carboxylic acids is 1. The molecular weight excluding hydrogens is 264 g/mol. The van der Waals surface area contributed by atoms with Gasteiger partial charge in [-0.3, -0.25) is 4.79 Å². The highest BCUT2D eigenvalue weighted by molar-refractivity contribution is 7.09. The molecule has 1 aromatic heterocycles. The molecular formula is C13H20N2O3S. The summed E-state index contributed by atoms with van der Waals surface area (Å²) in [6.45, 7) is 7.84.